The number of carbonyl (C=O) groups excluding carboxylic acids is 1. The molecule has 0 radical (unpaired) electrons. The van der Waals surface area contributed by atoms with Gasteiger partial charge in [0, 0.05) is 6.54 Å². The van der Waals surface area contributed by atoms with Crippen molar-refractivity contribution in [3.63, 3.8) is 0 Å². The molecule has 1 spiro atoms. The Bertz CT molecular complexity index is 1060. The molecule has 5 nitrogen and oxygen atoms in total. The summed E-state index contributed by atoms with van der Waals surface area (Å²) in [6.45, 7) is 3.54. The van der Waals surface area contributed by atoms with Gasteiger partial charge in [0.1, 0.15) is 6.10 Å². The van der Waals surface area contributed by atoms with Crippen molar-refractivity contribution in [2.24, 2.45) is 0 Å². The molecule has 2 saturated heterocycles. The van der Waals surface area contributed by atoms with Crippen molar-refractivity contribution in [3.8, 4) is 0 Å². The van der Waals surface area contributed by atoms with Gasteiger partial charge in [-0.25, -0.2) is 4.79 Å². The predicted molar refractivity (Wildman–Crippen MR) is 118 cm³/mol. The number of rotatable bonds is 5. The Balaban J connectivity index is 1.59. The van der Waals surface area contributed by atoms with Crippen molar-refractivity contribution < 1.29 is 40.6 Å². The molecule has 2 heterocycles. The number of cyclic esters (lactones) is 1. The Hall–Kier alpha value is -2.79. The van der Waals surface area contributed by atoms with Gasteiger partial charge in [0.05, 0.1) is 34.9 Å². The highest BCUT2D eigenvalue weighted by Crippen LogP contribution is 2.41. The van der Waals surface area contributed by atoms with Gasteiger partial charge in [-0.05, 0) is 56.0 Å². The Kier molecular flexibility index (Phi) is 6.76. The molecule has 4 rings (SSSR count). The maximum absolute atomic E-state index is 13.3. The van der Waals surface area contributed by atoms with Crippen molar-refractivity contribution in [2.75, 3.05) is 13.2 Å². The molecular weight excluding hydrogens is 490 g/mol. The molecule has 0 aromatic heterocycles. The van der Waals surface area contributed by atoms with E-state index in [1.807, 2.05) is 30.3 Å². The van der Waals surface area contributed by atoms with E-state index in [-0.39, 0.29) is 24.3 Å². The van der Waals surface area contributed by atoms with Crippen LogP contribution >= 0.6 is 0 Å². The number of benzene rings is 2. The quantitative estimate of drug-likeness (QED) is 0.483. The SMILES string of the molecule is CC1OC(=O)NC12CCC(CO[C@H](C)c1cc(C(F)(F)F)cc(C(F)(F)F)c1)(c1ccccc1)NC2. The number of piperidine rings is 1. The first-order valence-electron chi connectivity index (χ1n) is 11.4. The van der Waals surface area contributed by atoms with E-state index in [4.69, 9.17) is 9.47 Å². The molecule has 0 saturated carbocycles. The minimum atomic E-state index is -4.94. The molecule has 1 amide bonds. The first-order valence-corrected chi connectivity index (χ1v) is 11.4. The number of alkyl carbamates (subject to hydrolysis) is 1. The summed E-state index contributed by atoms with van der Waals surface area (Å²) in [6, 6.07) is 10.7. The third-order valence-corrected chi connectivity index (χ3v) is 7.14. The average molecular weight is 516 g/mol. The Morgan fingerprint density at radius 2 is 1.64 bits per heavy atom. The zero-order chi connectivity index (χ0) is 26.4. The minimum absolute atomic E-state index is 0.0188. The topological polar surface area (TPSA) is 59.6 Å². The highest BCUT2D eigenvalue weighted by Gasteiger charge is 2.52. The summed E-state index contributed by atoms with van der Waals surface area (Å²) in [6.07, 6.45) is -10.8. The second-order valence-electron chi connectivity index (χ2n) is 9.42. The first-order chi connectivity index (χ1) is 16.7. The van der Waals surface area contributed by atoms with Gasteiger partial charge in [0.25, 0.3) is 0 Å². The summed E-state index contributed by atoms with van der Waals surface area (Å²) in [4.78, 5) is 11.8. The van der Waals surface area contributed by atoms with Crippen molar-refractivity contribution in [2.45, 2.75) is 62.3 Å². The van der Waals surface area contributed by atoms with E-state index in [1.54, 1.807) is 6.92 Å². The molecule has 2 aliphatic heterocycles. The number of alkyl halides is 6. The average Bonchev–Trinajstić information content (AvgIpc) is 3.10. The molecule has 4 atom stereocenters. The van der Waals surface area contributed by atoms with Crippen LogP contribution in [0.3, 0.4) is 0 Å². The van der Waals surface area contributed by atoms with Crippen LogP contribution in [0.5, 0.6) is 0 Å². The number of hydrogen-bond donors (Lipinski definition) is 2. The molecule has 0 aliphatic carbocycles. The smallest absolute Gasteiger partial charge is 0.416 e. The molecule has 2 fully saturated rings. The fourth-order valence-corrected chi connectivity index (χ4v) is 4.79. The molecule has 2 aromatic rings. The predicted octanol–water partition coefficient (Wildman–Crippen LogP) is 5.95. The lowest BCUT2D eigenvalue weighted by Gasteiger charge is -2.46. The van der Waals surface area contributed by atoms with Gasteiger partial charge < -0.3 is 20.1 Å². The van der Waals surface area contributed by atoms with E-state index in [0.29, 0.717) is 31.5 Å². The lowest BCUT2D eigenvalue weighted by Crippen LogP contribution is -2.64. The van der Waals surface area contributed by atoms with Gasteiger partial charge in [0.15, 0.2) is 0 Å². The molecule has 36 heavy (non-hydrogen) atoms. The largest absolute Gasteiger partial charge is 0.444 e. The van der Waals surface area contributed by atoms with Crippen molar-refractivity contribution in [1.29, 1.82) is 0 Å². The van der Waals surface area contributed by atoms with Crippen LogP contribution in [0.25, 0.3) is 0 Å². The fraction of sp³-hybridized carbons (Fsp3) is 0.480. The monoisotopic (exact) mass is 516 g/mol. The van der Waals surface area contributed by atoms with Crippen LogP contribution in [-0.2, 0) is 27.4 Å². The summed E-state index contributed by atoms with van der Waals surface area (Å²) < 4.78 is 91.0. The molecule has 2 N–H and O–H groups in total. The van der Waals surface area contributed by atoms with Crippen molar-refractivity contribution >= 4 is 6.09 Å². The molecule has 11 heteroatoms. The van der Waals surface area contributed by atoms with Crippen molar-refractivity contribution in [1.82, 2.24) is 10.6 Å². The molecular formula is C25H26F6N2O3. The fourth-order valence-electron chi connectivity index (χ4n) is 4.79. The van der Waals surface area contributed by atoms with Crippen molar-refractivity contribution in [3.05, 3.63) is 70.8 Å². The molecule has 196 valence electrons. The van der Waals surface area contributed by atoms with E-state index in [1.165, 1.54) is 6.92 Å². The first kappa shape index (κ1) is 26.3. The molecule has 0 bridgehead atoms. The van der Waals surface area contributed by atoms with Crippen LogP contribution in [0.4, 0.5) is 31.1 Å². The molecule has 2 aromatic carbocycles. The Labute approximate surface area is 204 Å². The van der Waals surface area contributed by atoms with Crippen LogP contribution in [0.15, 0.2) is 48.5 Å². The highest BCUT2D eigenvalue weighted by molar-refractivity contribution is 5.71. The molecule has 2 aliphatic rings. The number of halogens is 6. The maximum atomic E-state index is 13.3. The number of carbonyl (C=O) groups is 1. The van der Waals surface area contributed by atoms with E-state index in [0.717, 1.165) is 5.56 Å². The van der Waals surface area contributed by atoms with Gasteiger partial charge in [-0.15, -0.1) is 0 Å². The second-order valence-corrected chi connectivity index (χ2v) is 9.42. The number of ether oxygens (including phenoxy) is 2. The zero-order valence-electron chi connectivity index (χ0n) is 19.6. The lowest BCUT2D eigenvalue weighted by atomic mass is 9.75. The van der Waals surface area contributed by atoms with E-state index >= 15 is 0 Å². The van der Waals surface area contributed by atoms with Crippen LogP contribution in [0, 0.1) is 0 Å². The van der Waals surface area contributed by atoms with Crippen LogP contribution in [-0.4, -0.2) is 30.9 Å². The van der Waals surface area contributed by atoms with Gasteiger partial charge in [-0.1, -0.05) is 30.3 Å². The van der Waals surface area contributed by atoms with Gasteiger partial charge >= 0.3 is 18.4 Å². The lowest BCUT2D eigenvalue weighted by molar-refractivity contribution is -0.143. The normalized spacial score (nSPS) is 27.6. The zero-order valence-corrected chi connectivity index (χ0v) is 19.6. The number of hydrogen-bond acceptors (Lipinski definition) is 4. The molecule has 3 unspecified atom stereocenters. The van der Waals surface area contributed by atoms with Gasteiger partial charge in [-0.2, -0.15) is 26.3 Å². The van der Waals surface area contributed by atoms with Crippen LogP contribution in [0.2, 0.25) is 0 Å². The van der Waals surface area contributed by atoms with Crippen LogP contribution < -0.4 is 10.6 Å². The standard InChI is InChI=1S/C25H26F6N2O3/c1-15(17-10-19(24(26,27)28)12-20(11-17)25(29,30)31)35-14-23(18-6-4-3-5-7-18)9-8-22(13-32-23)16(2)36-21(34)33-22/h3-7,10-12,15-16,32H,8-9,13-14H2,1-2H3,(H,33,34)/t15-,16?,22?,23?/m1/s1. The second kappa shape index (κ2) is 9.26. The Morgan fingerprint density at radius 1 is 1.03 bits per heavy atom. The summed E-state index contributed by atoms with van der Waals surface area (Å²) in [5.41, 5.74) is -3.54. The summed E-state index contributed by atoms with van der Waals surface area (Å²) in [5, 5.41) is 6.29. The van der Waals surface area contributed by atoms with E-state index in [9.17, 15) is 31.1 Å². The number of amides is 1. The maximum Gasteiger partial charge on any atom is 0.416 e. The Morgan fingerprint density at radius 3 is 2.11 bits per heavy atom. The summed E-state index contributed by atoms with van der Waals surface area (Å²) >= 11 is 0. The summed E-state index contributed by atoms with van der Waals surface area (Å²) in [7, 11) is 0. The highest BCUT2D eigenvalue weighted by atomic mass is 19.4. The number of nitrogens with one attached hydrogen (secondary N) is 2. The van der Waals surface area contributed by atoms with E-state index < -0.39 is 46.8 Å². The third-order valence-electron chi connectivity index (χ3n) is 7.14. The summed E-state index contributed by atoms with van der Waals surface area (Å²) in [5.74, 6) is 0. The minimum Gasteiger partial charge on any atom is -0.444 e. The van der Waals surface area contributed by atoms with E-state index in [2.05, 4.69) is 10.6 Å². The third kappa shape index (κ3) is 5.17. The van der Waals surface area contributed by atoms with Gasteiger partial charge in [0.2, 0.25) is 0 Å². The van der Waals surface area contributed by atoms with Gasteiger partial charge in [-0.3, -0.25) is 0 Å². The van der Waals surface area contributed by atoms with Crippen LogP contribution in [0.1, 0.15) is 55.0 Å².